The molecule has 0 amide bonds. The number of pyridine rings is 1. The lowest BCUT2D eigenvalue weighted by molar-refractivity contribution is 0.00801. The molecule has 6 heteroatoms. The van der Waals surface area contributed by atoms with Crippen molar-refractivity contribution < 1.29 is 4.74 Å². The predicted molar refractivity (Wildman–Crippen MR) is 104 cm³/mol. The summed E-state index contributed by atoms with van der Waals surface area (Å²) in [5, 5.41) is 6.79. The Morgan fingerprint density at radius 3 is 2.72 bits per heavy atom. The summed E-state index contributed by atoms with van der Waals surface area (Å²) in [7, 11) is 5.79. The van der Waals surface area contributed by atoms with Crippen molar-refractivity contribution in [1.29, 1.82) is 0 Å². The molecule has 25 heavy (non-hydrogen) atoms. The molecule has 1 aromatic heterocycles. The van der Waals surface area contributed by atoms with Crippen molar-refractivity contribution in [3.05, 3.63) is 23.9 Å². The van der Waals surface area contributed by atoms with E-state index in [9.17, 15) is 0 Å². The molecule has 0 aromatic carbocycles. The molecule has 0 saturated carbocycles. The van der Waals surface area contributed by atoms with Crippen LogP contribution in [0.5, 0.6) is 0 Å². The van der Waals surface area contributed by atoms with E-state index in [4.69, 9.17) is 4.74 Å². The number of aliphatic imine (C=N–C) groups is 1. The Morgan fingerprint density at radius 1 is 1.32 bits per heavy atom. The van der Waals surface area contributed by atoms with Crippen molar-refractivity contribution in [2.45, 2.75) is 39.8 Å². The number of guanidine groups is 1. The van der Waals surface area contributed by atoms with Crippen molar-refractivity contribution in [2.75, 3.05) is 39.2 Å². The van der Waals surface area contributed by atoms with Crippen LogP contribution in [0.25, 0.3) is 0 Å². The van der Waals surface area contributed by atoms with Crippen LogP contribution < -0.4 is 15.5 Å². The van der Waals surface area contributed by atoms with E-state index in [0.717, 1.165) is 37.0 Å². The van der Waals surface area contributed by atoms with Crippen LogP contribution in [-0.2, 0) is 11.3 Å². The minimum absolute atomic E-state index is 0.163. The summed E-state index contributed by atoms with van der Waals surface area (Å²) in [5.74, 6) is 2.27. The largest absolute Gasteiger partial charge is 0.377 e. The Labute approximate surface area is 152 Å². The lowest BCUT2D eigenvalue weighted by atomic mass is 9.81. The highest BCUT2D eigenvalue weighted by molar-refractivity contribution is 5.79. The lowest BCUT2D eigenvalue weighted by Gasteiger charge is -2.31. The maximum absolute atomic E-state index is 5.95. The SMILES string of the molecule is CN=C(NCc1cccc(N(C)C)n1)NC[C@H]1CCO[C@H]1C(C)(C)C. The van der Waals surface area contributed by atoms with Crippen LogP contribution in [0, 0.1) is 11.3 Å². The van der Waals surface area contributed by atoms with Crippen LogP contribution in [0.3, 0.4) is 0 Å². The van der Waals surface area contributed by atoms with Crippen molar-refractivity contribution in [1.82, 2.24) is 15.6 Å². The molecule has 0 aliphatic carbocycles. The van der Waals surface area contributed by atoms with E-state index < -0.39 is 0 Å². The van der Waals surface area contributed by atoms with Gasteiger partial charge in [0.1, 0.15) is 5.82 Å². The molecular formula is C19H33N5O. The van der Waals surface area contributed by atoms with Crippen LogP contribution in [0.2, 0.25) is 0 Å². The number of rotatable bonds is 5. The second-order valence-electron chi connectivity index (χ2n) is 7.89. The molecule has 0 spiro atoms. The summed E-state index contributed by atoms with van der Waals surface area (Å²) in [6.45, 7) is 9.09. The normalized spacial score (nSPS) is 21.3. The second-order valence-corrected chi connectivity index (χ2v) is 7.89. The van der Waals surface area contributed by atoms with Gasteiger partial charge < -0.3 is 20.3 Å². The first-order valence-electron chi connectivity index (χ1n) is 9.00. The van der Waals surface area contributed by atoms with Gasteiger partial charge in [0.2, 0.25) is 0 Å². The fourth-order valence-electron chi connectivity index (χ4n) is 3.24. The molecule has 140 valence electrons. The number of anilines is 1. The molecule has 0 radical (unpaired) electrons. The van der Waals surface area contributed by atoms with E-state index in [0.29, 0.717) is 12.5 Å². The van der Waals surface area contributed by atoms with Gasteiger partial charge in [-0.1, -0.05) is 26.8 Å². The summed E-state index contributed by atoms with van der Waals surface area (Å²) < 4.78 is 5.95. The van der Waals surface area contributed by atoms with Gasteiger partial charge in [0.05, 0.1) is 18.3 Å². The van der Waals surface area contributed by atoms with E-state index in [1.807, 2.05) is 37.2 Å². The molecule has 1 aliphatic heterocycles. The zero-order valence-electron chi connectivity index (χ0n) is 16.5. The third kappa shape index (κ3) is 5.59. The monoisotopic (exact) mass is 347 g/mol. The third-order valence-electron chi connectivity index (χ3n) is 4.51. The molecular weight excluding hydrogens is 314 g/mol. The highest BCUT2D eigenvalue weighted by atomic mass is 16.5. The van der Waals surface area contributed by atoms with E-state index in [1.54, 1.807) is 7.05 Å². The number of ether oxygens (including phenoxy) is 1. The Bertz CT molecular complexity index is 579. The van der Waals surface area contributed by atoms with Crippen molar-refractivity contribution in [2.24, 2.45) is 16.3 Å². The first kappa shape index (κ1) is 19.5. The molecule has 2 rings (SSSR count). The standard InChI is InChI=1S/C19H33N5O/c1-19(2,3)17-14(10-11-25-17)12-21-18(20-4)22-13-15-8-7-9-16(23-15)24(5)6/h7-9,14,17H,10-13H2,1-6H3,(H2,20,21,22)/t14-,17-/m1/s1. The van der Waals surface area contributed by atoms with Gasteiger partial charge in [0.15, 0.2) is 5.96 Å². The summed E-state index contributed by atoms with van der Waals surface area (Å²) in [6, 6.07) is 6.05. The molecule has 2 atom stereocenters. The molecule has 0 bridgehead atoms. The Kier molecular flexibility index (Phi) is 6.64. The summed E-state index contributed by atoms with van der Waals surface area (Å²) in [5.41, 5.74) is 1.15. The minimum atomic E-state index is 0.163. The van der Waals surface area contributed by atoms with E-state index in [-0.39, 0.29) is 11.5 Å². The van der Waals surface area contributed by atoms with Gasteiger partial charge in [-0.05, 0) is 24.0 Å². The Hall–Kier alpha value is -1.82. The van der Waals surface area contributed by atoms with Crippen LogP contribution in [0.15, 0.2) is 23.2 Å². The maximum atomic E-state index is 5.95. The maximum Gasteiger partial charge on any atom is 0.191 e. The Morgan fingerprint density at radius 2 is 2.08 bits per heavy atom. The van der Waals surface area contributed by atoms with Gasteiger partial charge >= 0.3 is 0 Å². The predicted octanol–water partition coefficient (Wildman–Crippen LogP) is 2.26. The topological polar surface area (TPSA) is 61.8 Å². The molecule has 2 heterocycles. The molecule has 2 N–H and O–H groups in total. The first-order chi connectivity index (χ1) is 11.8. The number of nitrogens with zero attached hydrogens (tertiary/aromatic N) is 3. The number of nitrogens with one attached hydrogen (secondary N) is 2. The van der Waals surface area contributed by atoms with Crippen molar-refractivity contribution >= 4 is 11.8 Å². The fraction of sp³-hybridized carbons (Fsp3) is 0.684. The molecule has 0 unspecified atom stereocenters. The number of hydrogen-bond donors (Lipinski definition) is 2. The zero-order valence-corrected chi connectivity index (χ0v) is 16.5. The third-order valence-corrected chi connectivity index (χ3v) is 4.51. The number of hydrogen-bond acceptors (Lipinski definition) is 4. The van der Waals surface area contributed by atoms with E-state index in [1.165, 1.54) is 0 Å². The average Bonchev–Trinajstić information content (AvgIpc) is 3.04. The van der Waals surface area contributed by atoms with Gasteiger partial charge in [-0.2, -0.15) is 0 Å². The smallest absolute Gasteiger partial charge is 0.191 e. The quantitative estimate of drug-likeness (QED) is 0.632. The highest BCUT2D eigenvalue weighted by Crippen LogP contribution is 2.34. The molecule has 1 aliphatic rings. The van der Waals surface area contributed by atoms with Crippen LogP contribution in [0.1, 0.15) is 32.9 Å². The Balaban J connectivity index is 1.86. The molecule has 1 fully saturated rings. The van der Waals surface area contributed by atoms with Crippen LogP contribution in [-0.4, -0.2) is 51.3 Å². The summed E-state index contributed by atoms with van der Waals surface area (Å²) in [4.78, 5) is 10.9. The van der Waals surface area contributed by atoms with E-state index in [2.05, 4.69) is 41.4 Å². The van der Waals surface area contributed by atoms with Crippen LogP contribution >= 0.6 is 0 Å². The number of aromatic nitrogens is 1. The first-order valence-corrected chi connectivity index (χ1v) is 9.00. The average molecular weight is 348 g/mol. The van der Waals surface area contributed by atoms with Gasteiger partial charge in [0, 0.05) is 40.2 Å². The van der Waals surface area contributed by atoms with Gasteiger partial charge in [0.25, 0.3) is 0 Å². The van der Waals surface area contributed by atoms with Crippen LogP contribution in [0.4, 0.5) is 5.82 Å². The van der Waals surface area contributed by atoms with Gasteiger partial charge in [-0.25, -0.2) is 4.98 Å². The van der Waals surface area contributed by atoms with E-state index >= 15 is 0 Å². The summed E-state index contributed by atoms with van der Waals surface area (Å²) >= 11 is 0. The van der Waals surface area contributed by atoms with Crippen molar-refractivity contribution in [3.8, 4) is 0 Å². The summed E-state index contributed by atoms with van der Waals surface area (Å²) in [6.07, 6.45) is 1.38. The van der Waals surface area contributed by atoms with Gasteiger partial charge in [-0.15, -0.1) is 0 Å². The van der Waals surface area contributed by atoms with Gasteiger partial charge in [-0.3, -0.25) is 4.99 Å². The van der Waals surface area contributed by atoms with Crippen molar-refractivity contribution in [3.63, 3.8) is 0 Å². The second kappa shape index (κ2) is 8.52. The molecule has 6 nitrogen and oxygen atoms in total. The zero-order chi connectivity index (χ0) is 18.4. The fourth-order valence-corrected chi connectivity index (χ4v) is 3.24. The lowest BCUT2D eigenvalue weighted by Crippen LogP contribution is -2.43. The molecule has 1 saturated heterocycles. The molecule has 1 aromatic rings. The highest BCUT2D eigenvalue weighted by Gasteiger charge is 2.37. The minimum Gasteiger partial charge on any atom is -0.377 e.